The Bertz CT molecular complexity index is 1390. The number of amides is 3. The topological polar surface area (TPSA) is 126 Å². The van der Waals surface area contributed by atoms with Crippen LogP contribution in [-0.2, 0) is 14.6 Å². The van der Waals surface area contributed by atoms with Crippen LogP contribution in [0, 0.1) is 12.3 Å². The zero-order valence-corrected chi connectivity index (χ0v) is 19.0. The predicted octanol–water partition coefficient (Wildman–Crippen LogP) is 1.99. The third-order valence-corrected chi connectivity index (χ3v) is 5.57. The molecule has 174 valence electrons. The van der Waals surface area contributed by atoms with E-state index in [2.05, 4.69) is 21.9 Å². The third-order valence-electron chi connectivity index (χ3n) is 4.64. The molecule has 0 fully saturated rings. The van der Waals surface area contributed by atoms with E-state index in [9.17, 15) is 22.8 Å². The maximum atomic E-state index is 12.8. The summed E-state index contributed by atoms with van der Waals surface area (Å²) in [7, 11) is -3.60. The van der Waals surface area contributed by atoms with Crippen LogP contribution in [0.15, 0.2) is 77.7 Å². The van der Waals surface area contributed by atoms with Gasteiger partial charge >= 0.3 is 6.03 Å². The van der Waals surface area contributed by atoms with Crippen LogP contribution in [0.2, 0.25) is 0 Å². The van der Waals surface area contributed by atoms with Gasteiger partial charge in [0.1, 0.15) is 15.9 Å². The molecule has 9 nitrogen and oxygen atoms in total. The summed E-state index contributed by atoms with van der Waals surface area (Å²) in [6.07, 6.45) is 7.88. The highest BCUT2D eigenvalue weighted by molar-refractivity contribution is 7.90. The molecule has 2 aromatic carbocycles. The van der Waals surface area contributed by atoms with Gasteiger partial charge in [0.15, 0.2) is 0 Å². The molecule has 0 unspecified atom stereocenters. The van der Waals surface area contributed by atoms with Gasteiger partial charge in [0.2, 0.25) is 5.91 Å². The Kier molecular flexibility index (Phi) is 7.50. The van der Waals surface area contributed by atoms with Crippen molar-refractivity contribution in [3.05, 3.63) is 88.8 Å². The van der Waals surface area contributed by atoms with Gasteiger partial charge in [-0.05, 0) is 54.6 Å². The van der Waals surface area contributed by atoms with E-state index in [4.69, 9.17) is 6.42 Å². The zero-order valence-electron chi connectivity index (χ0n) is 18.2. The normalized spacial score (nSPS) is 11.6. The molecule has 0 saturated heterocycles. The molecule has 3 aromatic rings. The quantitative estimate of drug-likeness (QED) is 0.448. The third kappa shape index (κ3) is 6.82. The lowest BCUT2D eigenvalue weighted by atomic mass is 10.2. The Morgan fingerprint density at radius 3 is 2.18 bits per heavy atom. The van der Waals surface area contributed by atoms with E-state index < -0.39 is 33.6 Å². The molecule has 34 heavy (non-hydrogen) atoms. The number of terminal acetylenes is 1. The monoisotopic (exact) mass is 478 g/mol. The van der Waals surface area contributed by atoms with Crippen molar-refractivity contribution >= 4 is 33.2 Å². The number of sulfone groups is 1. The van der Waals surface area contributed by atoms with E-state index in [1.807, 2.05) is 0 Å². The fourth-order valence-electron chi connectivity index (χ4n) is 3.04. The molecule has 1 aromatic heterocycles. The molecule has 3 N–H and O–H groups in total. The number of rotatable bonds is 7. The molecule has 0 spiro atoms. The molecule has 3 amide bonds. The molecule has 0 aliphatic rings. The zero-order chi connectivity index (χ0) is 24.7. The number of nitrogens with zero attached hydrogens (tertiary/aromatic N) is 1. The summed E-state index contributed by atoms with van der Waals surface area (Å²) < 4.78 is 25.1. The summed E-state index contributed by atoms with van der Waals surface area (Å²) >= 11 is 0. The number of carbonyl (C=O) groups excluding carboxylic acids is 2. The van der Waals surface area contributed by atoms with Gasteiger partial charge < -0.3 is 16.0 Å². The standard InChI is InChI=1S/C24H22N4O5S/c1-3-17-7-9-19(10-8-17)26-24(31)27-21(16-34(2,32)33)23(30)25-18-11-13-20(14-12-18)28-15-5-4-6-22(28)29/h1,4-15,21H,16H2,2H3,(H,25,30)(H2,26,27,31)/t21-/m1/s1. The van der Waals surface area contributed by atoms with Gasteiger partial charge in [-0.1, -0.05) is 12.0 Å². The van der Waals surface area contributed by atoms with Crippen LogP contribution < -0.4 is 21.5 Å². The SMILES string of the molecule is C#Cc1ccc(NC(=O)N[C@H](CS(C)(=O)=O)C(=O)Nc2ccc(-n3ccccc3=O)cc2)cc1. The lowest BCUT2D eigenvalue weighted by Crippen LogP contribution is -2.49. The van der Waals surface area contributed by atoms with Gasteiger partial charge in [0.25, 0.3) is 5.56 Å². The van der Waals surface area contributed by atoms with Gasteiger partial charge in [-0.25, -0.2) is 13.2 Å². The van der Waals surface area contributed by atoms with Crippen molar-refractivity contribution in [3.63, 3.8) is 0 Å². The van der Waals surface area contributed by atoms with Gasteiger partial charge in [-0.3, -0.25) is 14.2 Å². The average Bonchev–Trinajstić information content (AvgIpc) is 2.79. The van der Waals surface area contributed by atoms with Crippen LogP contribution in [0.3, 0.4) is 0 Å². The number of hydrogen-bond acceptors (Lipinski definition) is 5. The van der Waals surface area contributed by atoms with Crippen molar-refractivity contribution in [1.82, 2.24) is 9.88 Å². The molecule has 0 aliphatic heterocycles. The minimum absolute atomic E-state index is 0.211. The number of anilines is 2. The smallest absolute Gasteiger partial charge is 0.319 e. The summed E-state index contributed by atoms with van der Waals surface area (Å²) in [5, 5.41) is 7.51. The maximum Gasteiger partial charge on any atom is 0.319 e. The second kappa shape index (κ2) is 10.5. The van der Waals surface area contributed by atoms with E-state index in [1.165, 1.54) is 10.6 Å². The second-order valence-corrected chi connectivity index (χ2v) is 9.59. The van der Waals surface area contributed by atoms with Gasteiger partial charge in [0.05, 0.1) is 5.75 Å². The molecular formula is C24H22N4O5S. The van der Waals surface area contributed by atoms with Gasteiger partial charge in [-0.2, -0.15) is 0 Å². The predicted molar refractivity (Wildman–Crippen MR) is 131 cm³/mol. The van der Waals surface area contributed by atoms with Crippen LogP contribution in [0.5, 0.6) is 0 Å². The number of pyridine rings is 1. The number of urea groups is 1. The van der Waals surface area contributed by atoms with E-state index in [1.54, 1.807) is 66.9 Å². The molecular weight excluding hydrogens is 456 g/mol. The highest BCUT2D eigenvalue weighted by atomic mass is 32.2. The van der Waals surface area contributed by atoms with E-state index in [0.717, 1.165) is 6.26 Å². The van der Waals surface area contributed by atoms with Crippen LogP contribution in [-0.4, -0.2) is 43.0 Å². The minimum atomic E-state index is -3.60. The van der Waals surface area contributed by atoms with Crippen LogP contribution in [0.4, 0.5) is 16.2 Å². The van der Waals surface area contributed by atoms with E-state index >= 15 is 0 Å². The summed E-state index contributed by atoms with van der Waals surface area (Å²) in [5.74, 6) is 1.14. The first-order chi connectivity index (χ1) is 16.1. The van der Waals surface area contributed by atoms with E-state index in [0.29, 0.717) is 22.6 Å². The van der Waals surface area contributed by atoms with Crippen LogP contribution in [0.25, 0.3) is 5.69 Å². The van der Waals surface area contributed by atoms with Crippen molar-refractivity contribution in [2.24, 2.45) is 0 Å². The molecule has 1 heterocycles. The maximum absolute atomic E-state index is 12.8. The Morgan fingerprint density at radius 2 is 1.59 bits per heavy atom. The largest absolute Gasteiger partial charge is 0.325 e. The minimum Gasteiger partial charge on any atom is -0.325 e. The Labute approximate surface area is 196 Å². The molecule has 0 bridgehead atoms. The first-order valence-corrected chi connectivity index (χ1v) is 12.1. The van der Waals surface area contributed by atoms with Crippen molar-refractivity contribution in [3.8, 4) is 18.0 Å². The number of benzene rings is 2. The first kappa shape index (κ1) is 24.3. The summed E-state index contributed by atoms with van der Waals surface area (Å²) in [4.78, 5) is 37.1. The highest BCUT2D eigenvalue weighted by Crippen LogP contribution is 2.13. The Hall–Kier alpha value is -4.36. The van der Waals surface area contributed by atoms with Crippen molar-refractivity contribution < 1.29 is 18.0 Å². The second-order valence-electron chi connectivity index (χ2n) is 7.41. The fraction of sp³-hybridized carbons (Fsp3) is 0.125. The number of aromatic nitrogens is 1. The Balaban J connectivity index is 1.70. The van der Waals surface area contributed by atoms with Crippen molar-refractivity contribution in [2.75, 3.05) is 22.6 Å². The Morgan fingerprint density at radius 1 is 0.971 bits per heavy atom. The van der Waals surface area contributed by atoms with Crippen LogP contribution in [0.1, 0.15) is 5.56 Å². The molecule has 0 aliphatic carbocycles. The molecule has 0 saturated carbocycles. The molecule has 1 atom stereocenters. The van der Waals surface area contributed by atoms with Crippen molar-refractivity contribution in [2.45, 2.75) is 6.04 Å². The van der Waals surface area contributed by atoms with Gasteiger partial charge in [-0.15, -0.1) is 6.42 Å². The van der Waals surface area contributed by atoms with Crippen molar-refractivity contribution in [1.29, 1.82) is 0 Å². The summed E-state index contributed by atoms with van der Waals surface area (Å²) in [6, 6.07) is 15.5. The van der Waals surface area contributed by atoms with E-state index in [-0.39, 0.29) is 5.56 Å². The van der Waals surface area contributed by atoms with Crippen LogP contribution >= 0.6 is 0 Å². The average molecular weight is 479 g/mol. The number of carbonyl (C=O) groups is 2. The number of hydrogen-bond donors (Lipinski definition) is 3. The van der Waals surface area contributed by atoms with Gasteiger partial charge in [0, 0.05) is 41.1 Å². The molecule has 3 rings (SSSR count). The molecule has 0 radical (unpaired) electrons. The molecule has 10 heteroatoms. The number of nitrogens with one attached hydrogen (secondary N) is 3. The summed E-state index contributed by atoms with van der Waals surface area (Å²) in [6.45, 7) is 0. The fourth-order valence-corrected chi connectivity index (χ4v) is 3.88. The lowest BCUT2D eigenvalue weighted by Gasteiger charge is -2.18. The highest BCUT2D eigenvalue weighted by Gasteiger charge is 2.25. The summed E-state index contributed by atoms with van der Waals surface area (Å²) in [5.41, 5.74) is 1.79. The lowest BCUT2D eigenvalue weighted by molar-refractivity contribution is -0.117. The first-order valence-electron chi connectivity index (χ1n) is 10.1.